The number of nitrogens with zero attached hydrogens (tertiary/aromatic N) is 3. The van der Waals surface area contributed by atoms with Crippen molar-refractivity contribution in [3.63, 3.8) is 0 Å². The molecule has 0 fully saturated rings. The number of hydrogen-bond donors (Lipinski definition) is 0. The number of allylic oxidation sites excluding steroid dienone is 2. The summed E-state index contributed by atoms with van der Waals surface area (Å²) in [6.07, 6.45) is 3.99. The molecule has 3 aromatic rings. The van der Waals surface area contributed by atoms with Crippen LogP contribution in [-0.2, 0) is 20.4 Å². The summed E-state index contributed by atoms with van der Waals surface area (Å²) < 4.78 is 0. The second-order valence-electron chi connectivity index (χ2n) is 6.85. The predicted octanol–water partition coefficient (Wildman–Crippen LogP) is 5.53. The van der Waals surface area contributed by atoms with Crippen LogP contribution in [0, 0.1) is 17.9 Å². The van der Waals surface area contributed by atoms with E-state index in [2.05, 4.69) is 73.6 Å². The molecule has 1 aliphatic heterocycles. The minimum atomic E-state index is 0. The summed E-state index contributed by atoms with van der Waals surface area (Å²) in [5.74, 6) is 0. The van der Waals surface area contributed by atoms with Crippen molar-refractivity contribution in [1.82, 2.24) is 4.90 Å². The molecule has 0 saturated heterocycles. The molecule has 0 unspecified atom stereocenters. The molecular formula is C23H20N3ReS-. The molecule has 0 N–H and O–H groups in total. The van der Waals surface area contributed by atoms with E-state index in [1.54, 1.807) is 11.3 Å². The Kier molecular flexibility index (Phi) is 5.96. The number of hydrogen-bond acceptors (Lipinski definition) is 4. The topological polar surface area (TPSA) is 30.3 Å². The van der Waals surface area contributed by atoms with Gasteiger partial charge in [0.15, 0.2) is 0 Å². The molecule has 2 heterocycles. The molecule has 0 saturated carbocycles. The Bertz CT molecular complexity index is 1120. The van der Waals surface area contributed by atoms with Crippen LogP contribution in [0.1, 0.15) is 4.88 Å². The molecule has 0 bridgehead atoms. The van der Waals surface area contributed by atoms with Crippen LogP contribution in [0.2, 0.25) is 0 Å². The quantitative estimate of drug-likeness (QED) is 0.398. The van der Waals surface area contributed by atoms with Gasteiger partial charge in [-0.1, -0.05) is 54.1 Å². The predicted molar refractivity (Wildman–Crippen MR) is 115 cm³/mol. The average Bonchev–Trinajstić information content (AvgIpc) is 3.16. The number of fused-ring (bicyclic) bond motifs is 1. The van der Waals surface area contributed by atoms with Gasteiger partial charge < -0.3 is 9.80 Å². The van der Waals surface area contributed by atoms with E-state index in [9.17, 15) is 5.26 Å². The van der Waals surface area contributed by atoms with Crippen molar-refractivity contribution in [2.24, 2.45) is 0 Å². The molecule has 141 valence electrons. The second kappa shape index (κ2) is 8.25. The standard InChI is InChI=1S/C23H20N3S.Re/c1-25(2)20-7-6-16-12-18(5-4-17(16)13-20)22-8-9-23(27-22)21-10-11-26(3)15-19(21)14-24;/h4-13,15H,1-3H3;/q-1;. The number of anilines is 1. The van der Waals surface area contributed by atoms with Crippen LogP contribution in [0.25, 0.3) is 26.8 Å². The third-order valence-electron chi connectivity index (χ3n) is 4.72. The molecule has 1 aliphatic rings. The van der Waals surface area contributed by atoms with Crippen molar-refractivity contribution in [1.29, 1.82) is 5.26 Å². The number of rotatable bonds is 3. The first-order chi connectivity index (χ1) is 13.0. The van der Waals surface area contributed by atoms with Crippen LogP contribution in [0.15, 0.2) is 66.4 Å². The van der Waals surface area contributed by atoms with E-state index in [1.807, 2.05) is 30.8 Å². The van der Waals surface area contributed by atoms with Gasteiger partial charge in [0, 0.05) is 45.1 Å². The van der Waals surface area contributed by atoms with Gasteiger partial charge in [0.2, 0.25) is 0 Å². The van der Waals surface area contributed by atoms with Gasteiger partial charge in [-0.3, -0.25) is 5.26 Å². The number of thiophene rings is 1. The molecule has 1 aromatic heterocycles. The zero-order valence-corrected chi connectivity index (χ0v) is 19.5. The minimum Gasteiger partial charge on any atom is -0.410 e. The van der Waals surface area contributed by atoms with Gasteiger partial charge >= 0.3 is 0 Å². The largest absolute Gasteiger partial charge is 0.410 e. The summed E-state index contributed by atoms with van der Waals surface area (Å²) in [6.45, 7) is 1.87. The fourth-order valence-electron chi connectivity index (χ4n) is 3.20. The average molecular weight is 557 g/mol. The molecule has 0 spiro atoms. The molecule has 0 aliphatic carbocycles. The normalized spacial score (nSPS) is 13.1. The summed E-state index contributed by atoms with van der Waals surface area (Å²) in [5, 5.41) is 11.9. The van der Waals surface area contributed by atoms with Gasteiger partial charge in [0.25, 0.3) is 0 Å². The van der Waals surface area contributed by atoms with E-state index in [-0.39, 0.29) is 20.4 Å². The third kappa shape index (κ3) is 3.86. The first-order valence-electron chi connectivity index (χ1n) is 8.76. The van der Waals surface area contributed by atoms with Crippen molar-refractivity contribution in [2.75, 3.05) is 26.0 Å². The third-order valence-corrected chi connectivity index (χ3v) is 5.88. The second-order valence-corrected chi connectivity index (χ2v) is 7.94. The number of nitriles is 1. The first-order valence-corrected chi connectivity index (χ1v) is 9.58. The maximum absolute atomic E-state index is 9.45. The monoisotopic (exact) mass is 557 g/mol. The molecule has 3 nitrogen and oxygen atoms in total. The van der Waals surface area contributed by atoms with Crippen molar-refractivity contribution >= 4 is 33.4 Å². The Morgan fingerprint density at radius 2 is 1.71 bits per heavy atom. The van der Waals surface area contributed by atoms with Crippen molar-refractivity contribution in [3.05, 3.63) is 77.8 Å². The maximum Gasteiger partial charge on any atom is 0.0367 e. The van der Waals surface area contributed by atoms with Crippen LogP contribution in [0.4, 0.5) is 5.69 Å². The number of likely N-dealkylation sites (N-methyl/N-ethyl adjacent to an activating group) is 1. The van der Waals surface area contributed by atoms with E-state index < -0.39 is 0 Å². The van der Waals surface area contributed by atoms with E-state index in [1.165, 1.54) is 26.9 Å². The zero-order valence-electron chi connectivity index (χ0n) is 16.0. The minimum absolute atomic E-state index is 0. The summed E-state index contributed by atoms with van der Waals surface area (Å²) in [6, 6.07) is 19.7. The Labute approximate surface area is 183 Å². The summed E-state index contributed by atoms with van der Waals surface area (Å²) >= 11 is 1.72. The Hall–Kier alpha value is -2.50. The van der Waals surface area contributed by atoms with E-state index in [0.29, 0.717) is 5.57 Å². The molecule has 4 rings (SSSR count). The van der Waals surface area contributed by atoms with Gasteiger partial charge in [0.05, 0.1) is 0 Å². The molecule has 2 aromatic carbocycles. The summed E-state index contributed by atoms with van der Waals surface area (Å²) in [4.78, 5) is 6.35. The fraction of sp³-hybridized carbons (Fsp3) is 0.130. The molecule has 0 atom stereocenters. The van der Waals surface area contributed by atoms with Crippen LogP contribution >= 0.6 is 11.3 Å². The van der Waals surface area contributed by atoms with Crippen LogP contribution in [0.5, 0.6) is 0 Å². The van der Waals surface area contributed by atoms with Gasteiger partial charge in [-0.25, -0.2) is 0 Å². The zero-order chi connectivity index (χ0) is 19.0. The van der Waals surface area contributed by atoms with E-state index in [0.717, 1.165) is 10.5 Å². The molecule has 5 heteroatoms. The van der Waals surface area contributed by atoms with Crippen LogP contribution in [0.3, 0.4) is 0 Å². The van der Waals surface area contributed by atoms with Crippen LogP contribution < -0.4 is 4.90 Å². The van der Waals surface area contributed by atoms with Gasteiger partial charge in [0.1, 0.15) is 0 Å². The van der Waals surface area contributed by atoms with Crippen molar-refractivity contribution in [3.8, 4) is 16.5 Å². The van der Waals surface area contributed by atoms with Gasteiger partial charge in [-0.15, -0.1) is 11.3 Å². The molecule has 28 heavy (non-hydrogen) atoms. The maximum atomic E-state index is 9.45. The van der Waals surface area contributed by atoms with Gasteiger partial charge in [-0.2, -0.15) is 0 Å². The Morgan fingerprint density at radius 1 is 1.00 bits per heavy atom. The van der Waals surface area contributed by atoms with Crippen LogP contribution in [-0.4, -0.2) is 26.0 Å². The van der Waals surface area contributed by atoms with Gasteiger partial charge in [-0.05, 0) is 58.7 Å². The van der Waals surface area contributed by atoms with E-state index >= 15 is 0 Å². The summed E-state index contributed by atoms with van der Waals surface area (Å²) in [5.41, 5.74) is 4.10. The van der Waals surface area contributed by atoms with Crippen molar-refractivity contribution < 1.29 is 20.4 Å². The summed E-state index contributed by atoms with van der Waals surface area (Å²) in [7, 11) is 6.05. The molecule has 1 radical (unpaired) electrons. The molecule has 0 amide bonds. The first kappa shape index (κ1) is 20.2. The molecular weight excluding hydrogens is 537 g/mol. The Balaban J connectivity index is 0.00000225. The smallest absolute Gasteiger partial charge is 0.0367 e. The SMILES string of the molecule is CN1C=CC(c2ccc(-c3ccc4cc(N(C)C)ccc4c3)s2)=C(C#N)[CH-]1.[Re]. The fourth-order valence-corrected chi connectivity index (χ4v) is 4.25. The number of benzene rings is 2. The Morgan fingerprint density at radius 3 is 2.46 bits per heavy atom. The van der Waals surface area contributed by atoms with E-state index in [4.69, 9.17) is 0 Å². The van der Waals surface area contributed by atoms with Crippen molar-refractivity contribution in [2.45, 2.75) is 0 Å².